The zero-order chi connectivity index (χ0) is 12.4. The Morgan fingerprint density at radius 1 is 1.35 bits per heavy atom. The fourth-order valence-corrected chi connectivity index (χ4v) is 2.68. The van der Waals surface area contributed by atoms with E-state index in [9.17, 15) is 0 Å². The van der Waals surface area contributed by atoms with Gasteiger partial charge < -0.3 is 15.0 Å². The van der Waals surface area contributed by atoms with Crippen LogP contribution in [0.4, 0.5) is 11.4 Å². The highest BCUT2D eigenvalue weighted by Gasteiger charge is 2.25. The predicted molar refractivity (Wildman–Crippen MR) is 73.2 cm³/mol. The van der Waals surface area contributed by atoms with Crippen LogP contribution < -0.4 is 15.0 Å². The molecule has 0 spiro atoms. The quantitative estimate of drug-likeness (QED) is 0.864. The minimum absolute atomic E-state index is 0.636. The summed E-state index contributed by atoms with van der Waals surface area (Å²) >= 11 is 0. The van der Waals surface area contributed by atoms with E-state index in [4.69, 9.17) is 4.74 Å². The number of fused-ring (bicyclic) bond motifs is 1. The third-order valence-electron chi connectivity index (χ3n) is 3.69. The third-order valence-corrected chi connectivity index (χ3v) is 3.69. The molecule has 1 aliphatic heterocycles. The zero-order valence-electron chi connectivity index (χ0n) is 11.2. The number of anilines is 2. The standard InChI is InChI=1S/C14H22N2O/c1-5-10(6-2)11-7-8-12(17-4)13-14(11)16(3)9-15-13/h7-8,10,15H,5-6,9H2,1-4H3. The molecule has 1 N–H and O–H groups in total. The Hall–Kier alpha value is -1.38. The highest BCUT2D eigenvalue weighted by molar-refractivity contribution is 5.83. The van der Waals surface area contributed by atoms with Gasteiger partial charge in [-0.05, 0) is 30.4 Å². The lowest BCUT2D eigenvalue weighted by Crippen LogP contribution is -2.17. The largest absolute Gasteiger partial charge is 0.495 e. The second-order valence-electron chi connectivity index (χ2n) is 4.63. The molecule has 1 heterocycles. The molecule has 0 fully saturated rings. The molecule has 94 valence electrons. The van der Waals surface area contributed by atoms with Crippen molar-refractivity contribution in [3.05, 3.63) is 17.7 Å². The summed E-state index contributed by atoms with van der Waals surface area (Å²) in [6, 6.07) is 4.30. The van der Waals surface area contributed by atoms with Crippen molar-refractivity contribution in [3.63, 3.8) is 0 Å². The molecular formula is C14H22N2O. The molecule has 0 radical (unpaired) electrons. The number of hydrogen-bond donors (Lipinski definition) is 1. The van der Waals surface area contributed by atoms with Crippen LogP contribution in [0.5, 0.6) is 5.75 Å². The zero-order valence-corrected chi connectivity index (χ0v) is 11.2. The first-order valence-electron chi connectivity index (χ1n) is 6.38. The van der Waals surface area contributed by atoms with Crippen LogP contribution in [0.3, 0.4) is 0 Å². The van der Waals surface area contributed by atoms with Gasteiger partial charge in [-0.1, -0.05) is 19.9 Å². The fraction of sp³-hybridized carbons (Fsp3) is 0.571. The van der Waals surface area contributed by atoms with Gasteiger partial charge in [-0.3, -0.25) is 0 Å². The van der Waals surface area contributed by atoms with E-state index in [0.717, 1.165) is 18.1 Å². The first-order chi connectivity index (χ1) is 8.22. The fourth-order valence-electron chi connectivity index (χ4n) is 2.68. The van der Waals surface area contributed by atoms with Crippen molar-refractivity contribution in [2.75, 3.05) is 31.0 Å². The van der Waals surface area contributed by atoms with Gasteiger partial charge in [-0.2, -0.15) is 0 Å². The van der Waals surface area contributed by atoms with Crippen molar-refractivity contribution in [2.24, 2.45) is 0 Å². The maximum atomic E-state index is 5.42. The number of nitrogens with zero attached hydrogens (tertiary/aromatic N) is 1. The molecule has 3 nitrogen and oxygen atoms in total. The van der Waals surface area contributed by atoms with Gasteiger partial charge in [0.05, 0.1) is 19.5 Å². The number of methoxy groups -OCH3 is 1. The van der Waals surface area contributed by atoms with Crippen LogP contribution in [-0.4, -0.2) is 20.8 Å². The summed E-state index contributed by atoms with van der Waals surface area (Å²) in [5.41, 5.74) is 3.91. The van der Waals surface area contributed by atoms with Gasteiger partial charge in [-0.15, -0.1) is 0 Å². The van der Waals surface area contributed by atoms with E-state index in [1.54, 1.807) is 7.11 Å². The molecule has 0 atom stereocenters. The predicted octanol–water partition coefficient (Wildman–Crippen LogP) is 3.42. The molecule has 0 aliphatic carbocycles. The Bertz CT molecular complexity index is 399. The molecule has 0 bridgehead atoms. The molecule has 0 aromatic heterocycles. The van der Waals surface area contributed by atoms with Crippen molar-refractivity contribution in [1.29, 1.82) is 0 Å². The van der Waals surface area contributed by atoms with E-state index in [2.05, 4.69) is 43.2 Å². The van der Waals surface area contributed by atoms with Crippen molar-refractivity contribution in [1.82, 2.24) is 0 Å². The van der Waals surface area contributed by atoms with E-state index >= 15 is 0 Å². The van der Waals surface area contributed by atoms with Crippen LogP contribution in [0, 0.1) is 0 Å². The molecule has 0 saturated heterocycles. The minimum atomic E-state index is 0.636. The van der Waals surface area contributed by atoms with Gasteiger partial charge in [-0.25, -0.2) is 0 Å². The van der Waals surface area contributed by atoms with Crippen molar-refractivity contribution >= 4 is 11.4 Å². The molecule has 0 amide bonds. The van der Waals surface area contributed by atoms with E-state index < -0.39 is 0 Å². The first kappa shape index (κ1) is 12.1. The average molecular weight is 234 g/mol. The van der Waals surface area contributed by atoms with Crippen LogP contribution in [0.2, 0.25) is 0 Å². The van der Waals surface area contributed by atoms with E-state index in [0.29, 0.717) is 5.92 Å². The van der Waals surface area contributed by atoms with Crippen LogP contribution in [0.25, 0.3) is 0 Å². The lowest BCUT2D eigenvalue weighted by Gasteiger charge is -2.21. The van der Waals surface area contributed by atoms with E-state index in [1.807, 2.05) is 0 Å². The molecule has 0 unspecified atom stereocenters. The molecule has 17 heavy (non-hydrogen) atoms. The van der Waals surface area contributed by atoms with Crippen LogP contribution in [0.1, 0.15) is 38.2 Å². The highest BCUT2D eigenvalue weighted by atomic mass is 16.5. The SMILES string of the molecule is CCC(CC)c1ccc(OC)c2c1N(C)CN2. The second kappa shape index (κ2) is 4.86. The van der Waals surface area contributed by atoms with Gasteiger partial charge >= 0.3 is 0 Å². The Labute approximate surface area is 104 Å². The van der Waals surface area contributed by atoms with E-state index in [1.165, 1.54) is 24.1 Å². The van der Waals surface area contributed by atoms with Crippen LogP contribution >= 0.6 is 0 Å². The Balaban J connectivity index is 2.51. The van der Waals surface area contributed by atoms with E-state index in [-0.39, 0.29) is 0 Å². The molecule has 1 aromatic carbocycles. The molecule has 0 saturated carbocycles. The monoisotopic (exact) mass is 234 g/mol. The minimum Gasteiger partial charge on any atom is -0.495 e. The molecular weight excluding hydrogens is 212 g/mol. The van der Waals surface area contributed by atoms with Gasteiger partial charge in [0.2, 0.25) is 0 Å². The van der Waals surface area contributed by atoms with Crippen LogP contribution in [0.15, 0.2) is 12.1 Å². The number of ether oxygens (including phenoxy) is 1. The summed E-state index contributed by atoms with van der Waals surface area (Å²) in [5.74, 6) is 1.58. The maximum Gasteiger partial charge on any atom is 0.144 e. The highest BCUT2D eigenvalue weighted by Crippen LogP contribution is 2.45. The molecule has 2 rings (SSSR count). The number of hydrogen-bond acceptors (Lipinski definition) is 3. The van der Waals surface area contributed by atoms with Gasteiger partial charge in [0.15, 0.2) is 0 Å². The topological polar surface area (TPSA) is 24.5 Å². The summed E-state index contributed by atoms with van der Waals surface area (Å²) in [4.78, 5) is 2.27. The number of rotatable bonds is 4. The number of benzene rings is 1. The summed E-state index contributed by atoms with van der Waals surface area (Å²) in [7, 11) is 3.86. The average Bonchev–Trinajstić information content (AvgIpc) is 2.74. The smallest absolute Gasteiger partial charge is 0.144 e. The van der Waals surface area contributed by atoms with Crippen molar-refractivity contribution < 1.29 is 4.74 Å². The molecule has 1 aromatic rings. The van der Waals surface area contributed by atoms with Crippen LogP contribution in [-0.2, 0) is 0 Å². The summed E-state index contributed by atoms with van der Waals surface area (Å²) in [6.07, 6.45) is 2.37. The third kappa shape index (κ3) is 1.94. The van der Waals surface area contributed by atoms with Crippen molar-refractivity contribution in [3.8, 4) is 5.75 Å². The van der Waals surface area contributed by atoms with Gasteiger partial charge in [0, 0.05) is 7.05 Å². The summed E-state index contributed by atoms with van der Waals surface area (Å²) in [6.45, 7) is 5.38. The summed E-state index contributed by atoms with van der Waals surface area (Å²) in [5, 5.41) is 3.41. The lowest BCUT2D eigenvalue weighted by molar-refractivity contribution is 0.417. The molecule has 1 aliphatic rings. The molecule has 3 heteroatoms. The Morgan fingerprint density at radius 3 is 2.65 bits per heavy atom. The number of nitrogens with one attached hydrogen (secondary N) is 1. The first-order valence-corrected chi connectivity index (χ1v) is 6.38. The van der Waals surface area contributed by atoms with Gasteiger partial charge in [0.25, 0.3) is 0 Å². The Morgan fingerprint density at radius 2 is 2.06 bits per heavy atom. The second-order valence-corrected chi connectivity index (χ2v) is 4.63. The lowest BCUT2D eigenvalue weighted by atomic mass is 9.91. The Kier molecular flexibility index (Phi) is 3.46. The van der Waals surface area contributed by atoms with Crippen molar-refractivity contribution in [2.45, 2.75) is 32.6 Å². The normalized spacial score (nSPS) is 13.8. The summed E-state index contributed by atoms with van der Waals surface area (Å²) < 4.78 is 5.42. The maximum absolute atomic E-state index is 5.42. The van der Waals surface area contributed by atoms with Gasteiger partial charge in [0.1, 0.15) is 11.4 Å².